The summed E-state index contributed by atoms with van der Waals surface area (Å²) in [6.45, 7) is 0. The molecular formula is C15H16N4O3S. The zero-order valence-corrected chi connectivity index (χ0v) is 13.5. The zero-order chi connectivity index (χ0) is 16.8. The van der Waals surface area contributed by atoms with Crippen LogP contribution in [0.15, 0.2) is 46.5 Å². The van der Waals surface area contributed by atoms with E-state index in [2.05, 4.69) is 15.3 Å². The molecule has 8 heteroatoms. The number of aromatic nitrogens is 2. The van der Waals surface area contributed by atoms with Crippen molar-refractivity contribution in [2.75, 3.05) is 25.2 Å². The zero-order valence-electron chi connectivity index (χ0n) is 12.7. The summed E-state index contributed by atoms with van der Waals surface area (Å²) in [5, 5.41) is 3.11. The van der Waals surface area contributed by atoms with Crippen molar-refractivity contribution in [3.63, 3.8) is 0 Å². The molecule has 7 nitrogen and oxygen atoms in total. The van der Waals surface area contributed by atoms with Gasteiger partial charge in [-0.25, -0.2) is 4.98 Å². The monoisotopic (exact) mass is 332 g/mol. The molecule has 23 heavy (non-hydrogen) atoms. The molecule has 0 bridgehead atoms. The van der Waals surface area contributed by atoms with Crippen LogP contribution < -0.4 is 10.9 Å². The third kappa shape index (κ3) is 4.96. The van der Waals surface area contributed by atoms with Gasteiger partial charge in [0.15, 0.2) is 5.16 Å². The first-order valence-corrected chi connectivity index (χ1v) is 7.74. The molecule has 2 aromatic rings. The molecule has 0 saturated heterocycles. The predicted molar refractivity (Wildman–Crippen MR) is 88.7 cm³/mol. The molecule has 0 unspecified atom stereocenters. The molecule has 0 saturated carbocycles. The van der Waals surface area contributed by atoms with E-state index >= 15 is 0 Å². The number of hydrogen-bond donors (Lipinski definition) is 2. The second kappa shape index (κ2) is 7.59. The second-order valence-electron chi connectivity index (χ2n) is 4.85. The summed E-state index contributed by atoms with van der Waals surface area (Å²) in [6, 6.07) is 7.95. The molecule has 120 valence electrons. The first-order chi connectivity index (χ1) is 11.0. The Morgan fingerprint density at radius 2 is 1.91 bits per heavy atom. The van der Waals surface area contributed by atoms with Crippen molar-refractivity contribution in [1.29, 1.82) is 0 Å². The van der Waals surface area contributed by atoms with Crippen LogP contribution in [-0.2, 0) is 4.79 Å². The molecule has 1 heterocycles. The van der Waals surface area contributed by atoms with Crippen LogP contribution in [0.1, 0.15) is 10.4 Å². The van der Waals surface area contributed by atoms with Gasteiger partial charge in [0.05, 0.1) is 5.75 Å². The van der Waals surface area contributed by atoms with Gasteiger partial charge in [0, 0.05) is 37.6 Å². The maximum absolute atomic E-state index is 11.9. The van der Waals surface area contributed by atoms with Gasteiger partial charge in [-0.1, -0.05) is 11.8 Å². The van der Waals surface area contributed by atoms with Gasteiger partial charge >= 0.3 is 0 Å². The minimum absolute atomic E-state index is 0.0995. The van der Waals surface area contributed by atoms with E-state index in [-0.39, 0.29) is 23.1 Å². The van der Waals surface area contributed by atoms with Crippen molar-refractivity contribution in [3.8, 4) is 0 Å². The van der Waals surface area contributed by atoms with Gasteiger partial charge in [0.1, 0.15) is 0 Å². The van der Waals surface area contributed by atoms with Crippen LogP contribution in [0.4, 0.5) is 5.69 Å². The summed E-state index contributed by atoms with van der Waals surface area (Å²) in [4.78, 5) is 42.7. The third-order valence-corrected chi connectivity index (χ3v) is 3.70. The molecule has 1 aromatic heterocycles. The van der Waals surface area contributed by atoms with E-state index in [0.29, 0.717) is 16.4 Å². The van der Waals surface area contributed by atoms with Gasteiger partial charge in [-0.3, -0.25) is 14.4 Å². The van der Waals surface area contributed by atoms with Gasteiger partial charge in [-0.15, -0.1) is 0 Å². The fraction of sp³-hybridized carbons (Fsp3) is 0.200. The number of thioether (sulfide) groups is 1. The van der Waals surface area contributed by atoms with E-state index < -0.39 is 0 Å². The van der Waals surface area contributed by atoms with Crippen molar-refractivity contribution in [1.82, 2.24) is 14.9 Å². The van der Waals surface area contributed by atoms with Crippen LogP contribution in [-0.4, -0.2) is 46.5 Å². The molecule has 1 aromatic carbocycles. The summed E-state index contributed by atoms with van der Waals surface area (Å²) < 4.78 is 0. The number of nitrogens with one attached hydrogen (secondary N) is 2. The largest absolute Gasteiger partial charge is 0.345 e. The molecule has 0 aliphatic carbocycles. The molecule has 2 rings (SSSR count). The maximum atomic E-state index is 11.9. The SMILES string of the molecule is CN(C)C(=O)c1ccc(NC(=O)CSc2nccc(=O)[nH]2)cc1. The van der Waals surface area contributed by atoms with E-state index in [1.165, 1.54) is 17.2 Å². The number of rotatable bonds is 5. The van der Waals surface area contributed by atoms with Crippen LogP contribution in [0.25, 0.3) is 0 Å². The normalized spacial score (nSPS) is 10.2. The Hall–Kier alpha value is -2.61. The number of aromatic amines is 1. The molecular weight excluding hydrogens is 316 g/mol. The Morgan fingerprint density at radius 1 is 1.22 bits per heavy atom. The second-order valence-corrected chi connectivity index (χ2v) is 5.82. The topological polar surface area (TPSA) is 95.2 Å². The Balaban J connectivity index is 1.90. The van der Waals surface area contributed by atoms with E-state index in [1.54, 1.807) is 38.4 Å². The van der Waals surface area contributed by atoms with Crippen molar-refractivity contribution >= 4 is 29.3 Å². The summed E-state index contributed by atoms with van der Waals surface area (Å²) in [5.41, 5.74) is 0.887. The third-order valence-electron chi connectivity index (χ3n) is 2.81. The van der Waals surface area contributed by atoms with Gasteiger partial charge in [0.25, 0.3) is 11.5 Å². The standard InChI is InChI=1S/C15H16N4O3S/c1-19(2)14(22)10-3-5-11(6-4-10)17-13(21)9-23-15-16-8-7-12(20)18-15/h3-8H,9H2,1-2H3,(H,17,21)(H,16,18,20). The number of H-pyrrole nitrogens is 1. The fourth-order valence-corrected chi connectivity index (χ4v) is 2.36. The molecule has 0 radical (unpaired) electrons. The first-order valence-electron chi connectivity index (χ1n) is 6.75. The van der Waals surface area contributed by atoms with Crippen molar-refractivity contribution in [2.45, 2.75) is 5.16 Å². The Morgan fingerprint density at radius 3 is 2.52 bits per heavy atom. The van der Waals surface area contributed by atoms with Crippen molar-refractivity contribution in [2.24, 2.45) is 0 Å². The summed E-state index contributed by atoms with van der Waals surface area (Å²) in [5.74, 6) is -0.212. The highest BCUT2D eigenvalue weighted by atomic mass is 32.2. The highest BCUT2D eigenvalue weighted by Crippen LogP contribution is 2.13. The highest BCUT2D eigenvalue weighted by molar-refractivity contribution is 7.99. The summed E-state index contributed by atoms with van der Waals surface area (Å²) >= 11 is 1.13. The Labute approximate surface area is 137 Å². The van der Waals surface area contributed by atoms with Crippen LogP contribution in [0.3, 0.4) is 0 Å². The maximum Gasteiger partial charge on any atom is 0.253 e. The highest BCUT2D eigenvalue weighted by Gasteiger charge is 2.09. The number of carbonyl (C=O) groups is 2. The number of anilines is 1. The molecule has 2 N–H and O–H groups in total. The Kier molecular flexibility index (Phi) is 5.53. The average Bonchev–Trinajstić information content (AvgIpc) is 2.53. The molecule has 0 fully saturated rings. The van der Waals surface area contributed by atoms with E-state index in [0.717, 1.165) is 11.8 Å². The van der Waals surface area contributed by atoms with Gasteiger partial charge < -0.3 is 15.2 Å². The molecule has 2 amide bonds. The minimum atomic E-state index is -0.260. The lowest BCUT2D eigenvalue weighted by Gasteiger charge is -2.11. The average molecular weight is 332 g/mol. The van der Waals surface area contributed by atoms with E-state index in [1.807, 2.05) is 0 Å². The first kappa shape index (κ1) is 16.8. The van der Waals surface area contributed by atoms with E-state index in [4.69, 9.17) is 0 Å². The lowest BCUT2D eigenvalue weighted by Crippen LogP contribution is -2.21. The quantitative estimate of drug-likeness (QED) is 0.634. The molecule has 0 aliphatic heterocycles. The number of amides is 2. The van der Waals surface area contributed by atoms with Crippen LogP contribution >= 0.6 is 11.8 Å². The summed E-state index contributed by atoms with van der Waals surface area (Å²) in [6.07, 6.45) is 1.39. The number of nitrogens with zero attached hydrogens (tertiary/aromatic N) is 2. The van der Waals surface area contributed by atoms with Gasteiger partial charge in [-0.05, 0) is 24.3 Å². The smallest absolute Gasteiger partial charge is 0.253 e. The fourth-order valence-electron chi connectivity index (χ4n) is 1.71. The number of carbonyl (C=O) groups excluding carboxylic acids is 2. The number of benzene rings is 1. The molecule has 0 spiro atoms. The van der Waals surface area contributed by atoms with Crippen molar-refractivity contribution < 1.29 is 9.59 Å². The molecule has 0 atom stereocenters. The minimum Gasteiger partial charge on any atom is -0.345 e. The van der Waals surface area contributed by atoms with Crippen LogP contribution in [0.2, 0.25) is 0 Å². The molecule has 0 aliphatic rings. The summed E-state index contributed by atoms with van der Waals surface area (Å²) in [7, 11) is 3.36. The number of hydrogen-bond acceptors (Lipinski definition) is 5. The van der Waals surface area contributed by atoms with Crippen LogP contribution in [0, 0.1) is 0 Å². The predicted octanol–water partition coefficient (Wildman–Crippen LogP) is 1.20. The van der Waals surface area contributed by atoms with Gasteiger partial charge in [-0.2, -0.15) is 0 Å². The van der Waals surface area contributed by atoms with Gasteiger partial charge in [0.2, 0.25) is 5.91 Å². The lowest BCUT2D eigenvalue weighted by molar-refractivity contribution is -0.113. The lowest BCUT2D eigenvalue weighted by atomic mass is 10.2. The van der Waals surface area contributed by atoms with Crippen LogP contribution in [0.5, 0.6) is 0 Å². The van der Waals surface area contributed by atoms with Crippen molar-refractivity contribution in [3.05, 3.63) is 52.4 Å². The van der Waals surface area contributed by atoms with E-state index in [9.17, 15) is 14.4 Å². The Bertz CT molecular complexity index is 756.